The van der Waals surface area contributed by atoms with E-state index in [9.17, 15) is 4.79 Å². The second kappa shape index (κ2) is 6.76. The molecule has 0 saturated heterocycles. The summed E-state index contributed by atoms with van der Waals surface area (Å²) in [4.78, 5) is 22.4. The molecule has 1 aliphatic rings. The minimum atomic E-state index is -0.0842. The zero-order valence-corrected chi connectivity index (χ0v) is 13.5. The Morgan fingerprint density at radius 3 is 2.83 bits per heavy atom. The Morgan fingerprint density at radius 2 is 2.17 bits per heavy atom. The van der Waals surface area contributed by atoms with Gasteiger partial charge in [-0.2, -0.15) is 5.10 Å². The van der Waals surface area contributed by atoms with Crippen molar-refractivity contribution >= 4 is 11.7 Å². The highest BCUT2D eigenvalue weighted by atomic mass is 16.2. The van der Waals surface area contributed by atoms with E-state index >= 15 is 0 Å². The minimum absolute atomic E-state index is 0.0842. The van der Waals surface area contributed by atoms with Crippen molar-refractivity contribution in [3.63, 3.8) is 0 Å². The Balaban J connectivity index is 1.63. The molecule has 2 atom stereocenters. The lowest BCUT2D eigenvalue weighted by Crippen LogP contribution is -2.44. The Bertz CT molecular complexity index is 639. The van der Waals surface area contributed by atoms with Gasteiger partial charge < -0.3 is 10.2 Å². The van der Waals surface area contributed by atoms with Gasteiger partial charge in [-0.05, 0) is 30.9 Å². The fourth-order valence-corrected chi connectivity index (χ4v) is 3.16. The van der Waals surface area contributed by atoms with E-state index in [1.807, 2.05) is 18.0 Å². The van der Waals surface area contributed by atoms with Crippen LogP contribution in [0.25, 0.3) is 5.82 Å². The normalized spacial score (nSPS) is 21.0. The van der Waals surface area contributed by atoms with Gasteiger partial charge >= 0.3 is 6.03 Å². The van der Waals surface area contributed by atoms with Crippen molar-refractivity contribution in [3.8, 4) is 5.82 Å². The van der Waals surface area contributed by atoms with Crippen molar-refractivity contribution in [1.82, 2.24) is 24.6 Å². The molecule has 2 amide bonds. The number of aromatic nitrogens is 4. The highest BCUT2D eigenvalue weighted by Gasteiger charge is 2.27. The SMILES string of the molecule is C[C@@H]1CCCC[C@@H]1N(C)C(=O)Nc1ccc(-n2cncn2)nc1. The largest absolute Gasteiger partial charge is 0.324 e. The highest BCUT2D eigenvalue weighted by Crippen LogP contribution is 2.27. The fraction of sp³-hybridized carbons (Fsp3) is 0.500. The van der Waals surface area contributed by atoms with Gasteiger partial charge in [-0.15, -0.1) is 0 Å². The molecule has 1 fully saturated rings. The van der Waals surface area contributed by atoms with E-state index in [2.05, 4.69) is 27.3 Å². The molecule has 1 N–H and O–H groups in total. The molecule has 7 heteroatoms. The van der Waals surface area contributed by atoms with Crippen molar-refractivity contribution in [3.05, 3.63) is 31.0 Å². The van der Waals surface area contributed by atoms with Gasteiger partial charge in [-0.3, -0.25) is 0 Å². The average molecular weight is 314 g/mol. The van der Waals surface area contributed by atoms with Gasteiger partial charge in [-0.1, -0.05) is 19.8 Å². The van der Waals surface area contributed by atoms with Gasteiger partial charge in [0.25, 0.3) is 0 Å². The molecule has 23 heavy (non-hydrogen) atoms. The first kappa shape index (κ1) is 15.5. The van der Waals surface area contributed by atoms with Crippen LogP contribution in [0.15, 0.2) is 31.0 Å². The summed E-state index contributed by atoms with van der Waals surface area (Å²) in [5.74, 6) is 1.21. The Morgan fingerprint density at radius 1 is 1.35 bits per heavy atom. The van der Waals surface area contributed by atoms with Crippen molar-refractivity contribution < 1.29 is 4.79 Å². The standard InChI is InChI=1S/C16H22N6O/c1-12-5-3-4-6-14(12)21(2)16(23)20-13-7-8-15(18-9-13)22-11-17-10-19-22/h7-12,14H,3-6H2,1-2H3,(H,20,23)/t12-,14+/m1/s1. The number of carbonyl (C=O) groups is 1. The van der Waals surface area contributed by atoms with Crippen LogP contribution < -0.4 is 5.32 Å². The molecule has 0 bridgehead atoms. The summed E-state index contributed by atoms with van der Waals surface area (Å²) < 4.78 is 1.57. The van der Waals surface area contributed by atoms with Gasteiger partial charge in [-0.25, -0.2) is 19.4 Å². The lowest BCUT2D eigenvalue weighted by Gasteiger charge is -2.36. The summed E-state index contributed by atoms with van der Waals surface area (Å²) in [6.07, 6.45) is 9.40. The molecule has 3 rings (SSSR count). The van der Waals surface area contributed by atoms with Crippen LogP contribution in [0, 0.1) is 5.92 Å². The van der Waals surface area contributed by atoms with Crippen LogP contribution in [0.3, 0.4) is 0 Å². The maximum Gasteiger partial charge on any atom is 0.321 e. The summed E-state index contributed by atoms with van der Waals surface area (Å²) in [5.41, 5.74) is 0.675. The maximum absolute atomic E-state index is 12.4. The van der Waals surface area contributed by atoms with Gasteiger partial charge in [0, 0.05) is 13.1 Å². The minimum Gasteiger partial charge on any atom is -0.324 e. The molecule has 1 aliphatic carbocycles. The zero-order valence-electron chi connectivity index (χ0n) is 13.5. The number of hydrogen-bond acceptors (Lipinski definition) is 4. The second-order valence-electron chi connectivity index (χ2n) is 6.12. The van der Waals surface area contributed by atoms with E-state index in [1.54, 1.807) is 23.3 Å². The van der Waals surface area contributed by atoms with E-state index in [4.69, 9.17) is 0 Å². The van der Waals surface area contributed by atoms with Crippen molar-refractivity contribution in [2.24, 2.45) is 5.92 Å². The Hall–Kier alpha value is -2.44. The summed E-state index contributed by atoms with van der Waals surface area (Å²) in [7, 11) is 1.87. The molecule has 0 spiro atoms. The number of amides is 2. The smallest absolute Gasteiger partial charge is 0.321 e. The van der Waals surface area contributed by atoms with Crippen LogP contribution in [-0.4, -0.2) is 43.8 Å². The third kappa shape index (κ3) is 3.49. The molecule has 0 unspecified atom stereocenters. The predicted octanol–water partition coefficient (Wildman–Crippen LogP) is 2.70. The molecular formula is C16H22N6O. The molecule has 2 aromatic heterocycles. The van der Waals surface area contributed by atoms with Crippen molar-refractivity contribution in [2.75, 3.05) is 12.4 Å². The van der Waals surface area contributed by atoms with Crippen LogP contribution in [0.2, 0.25) is 0 Å². The van der Waals surface area contributed by atoms with Crippen LogP contribution >= 0.6 is 0 Å². The number of nitrogens with zero attached hydrogens (tertiary/aromatic N) is 5. The number of rotatable bonds is 3. The van der Waals surface area contributed by atoms with Gasteiger partial charge in [0.15, 0.2) is 5.82 Å². The van der Waals surface area contributed by atoms with Crippen molar-refractivity contribution in [2.45, 2.75) is 38.6 Å². The molecule has 0 radical (unpaired) electrons. The summed E-state index contributed by atoms with van der Waals surface area (Å²) in [6, 6.07) is 3.85. The molecular weight excluding hydrogens is 292 g/mol. The van der Waals surface area contributed by atoms with E-state index in [0.29, 0.717) is 23.5 Å². The average Bonchev–Trinajstić information content (AvgIpc) is 3.10. The summed E-state index contributed by atoms with van der Waals surface area (Å²) in [5, 5.41) is 6.93. The van der Waals surface area contributed by atoms with Crippen LogP contribution in [-0.2, 0) is 0 Å². The molecule has 122 valence electrons. The lowest BCUT2D eigenvalue weighted by atomic mass is 9.85. The first-order valence-corrected chi connectivity index (χ1v) is 8.00. The number of pyridine rings is 1. The quantitative estimate of drug-likeness (QED) is 0.945. The summed E-state index contributed by atoms with van der Waals surface area (Å²) in [6.45, 7) is 2.22. The number of hydrogen-bond donors (Lipinski definition) is 1. The first-order valence-electron chi connectivity index (χ1n) is 8.00. The second-order valence-corrected chi connectivity index (χ2v) is 6.12. The molecule has 2 heterocycles. The lowest BCUT2D eigenvalue weighted by molar-refractivity contribution is 0.155. The molecule has 0 aromatic carbocycles. The summed E-state index contributed by atoms with van der Waals surface area (Å²) >= 11 is 0. The number of anilines is 1. The molecule has 0 aliphatic heterocycles. The molecule has 7 nitrogen and oxygen atoms in total. The van der Waals surface area contributed by atoms with Crippen LogP contribution in [0.5, 0.6) is 0 Å². The van der Waals surface area contributed by atoms with Gasteiger partial charge in [0.05, 0.1) is 11.9 Å². The monoisotopic (exact) mass is 314 g/mol. The molecule has 1 saturated carbocycles. The third-order valence-corrected chi connectivity index (χ3v) is 4.54. The van der Waals surface area contributed by atoms with E-state index in [-0.39, 0.29) is 6.03 Å². The fourth-order valence-electron chi connectivity index (χ4n) is 3.16. The topological polar surface area (TPSA) is 75.9 Å². The van der Waals surface area contributed by atoms with E-state index in [1.165, 1.54) is 25.6 Å². The third-order valence-electron chi connectivity index (χ3n) is 4.54. The van der Waals surface area contributed by atoms with Gasteiger partial charge in [0.1, 0.15) is 12.7 Å². The Kier molecular flexibility index (Phi) is 4.55. The van der Waals surface area contributed by atoms with Crippen LogP contribution in [0.4, 0.5) is 10.5 Å². The first-order chi connectivity index (χ1) is 11.1. The highest BCUT2D eigenvalue weighted by molar-refractivity contribution is 5.89. The van der Waals surface area contributed by atoms with Crippen molar-refractivity contribution in [1.29, 1.82) is 0 Å². The van der Waals surface area contributed by atoms with Gasteiger partial charge in [0.2, 0.25) is 0 Å². The number of carbonyl (C=O) groups excluding carboxylic acids is 1. The Labute approximate surface area is 135 Å². The van der Waals surface area contributed by atoms with E-state index < -0.39 is 0 Å². The van der Waals surface area contributed by atoms with E-state index in [0.717, 1.165) is 6.42 Å². The molecule has 2 aromatic rings. The number of nitrogens with one attached hydrogen (secondary N) is 1. The zero-order chi connectivity index (χ0) is 16.2. The maximum atomic E-state index is 12.4. The predicted molar refractivity (Wildman–Crippen MR) is 87.4 cm³/mol. The number of urea groups is 1. The van der Waals surface area contributed by atoms with Crippen LogP contribution in [0.1, 0.15) is 32.6 Å².